The number of carbonyl (C=O) groups excluding carboxylic acids is 3. The van der Waals surface area contributed by atoms with Gasteiger partial charge in [0.2, 0.25) is 5.91 Å². The van der Waals surface area contributed by atoms with Crippen LogP contribution in [-0.4, -0.2) is 38.0 Å². The highest BCUT2D eigenvalue weighted by Crippen LogP contribution is 2.27. The average Bonchev–Trinajstić information content (AvgIpc) is 3.07. The molecule has 2 amide bonds. The van der Waals surface area contributed by atoms with Gasteiger partial charge in [0.25, 0.3) is 5.91 Å². The summed E-state index contributed by atoms with van der Waals surface area (Å²) in [5, 5.41) is 2.64. The molecule has 0 saturated carbocycles. The Labute approximate surface area is 169 Å². The summed E-state index contributed by atoms with van der Waals surface area (Å²) >= 11 is 0. The van der Waals surface area contributed by atoms with Crippen LogP contribution >= 0.6 is 0 Å². The minimum atomic E-state index is -0.590. The van der Waals surface area contributed by atoms with E-state index in [4.69, 9.17) is 9.47 Å². The lowest BCUT2D eigenvalue weighted by molar-refractivity contribution is -0.151. The van der Waals surface area contributed by atoms with Gasteiger partial charge in [0.05, 0.1) is 13.0 Å². The number of rotatable bonds is 6. The van der Waals surface area contributed by atoms with Crippen molar-refractivity contribution in [1.29, 1.82) is 0 Å². The van der Waals surface area contributed by atoms with Gasteiger partial charge in [-0.3, -0.25) is 14.4 Å². The van der Waals surface area contributed by atoms with Gasteiger partial charge in [-0.15, -0.1) is 0 Å². The normalized spacial score (nSPS) is 15.9. The van der Waals surface area contributed by atoms with Crippen LogP contribution in [0, 0.1) is 19.8 Å². The zero-order valence-electron chi connectivity index (χ0n) is 16.7. The summed E-state index contributed by atoms with van der Waals surface area (Å²) in [6.45, 7) is 3.76. The molecule has 0 bridgehead atoms. The second-order valence-electron chi connectivity index (χ2n) is 7.14. The first-order valence-electron chi connectivity index (χ1n) is 9.35. The first-order valence-corrected chi connectivity index (χ1v) is 9.35. The van der Waals surface area contributed by atoms with Gasteiger partial charge in [0.15, 0.2) is 6.61 Å². The van der Waals surface area contributed by atoms with Crippen molar-refractivity contribution in [2.75, 3.05) is 30.5 Å². The van der Waals surface area contributed by atoms with Crippen molar-refractivity contribution < 1.29 is 23.9 Å². The minimum Gasteiger partial charge on any atom is -0.497 e. The van der Waals surface area contributed by atoms with E-state index < -0.39 is 24.4 Å². The molecule has 1 aliphatic heterocycles. The Morgan fingerprint density at radius 2 is 1.86 bits per heavy atom. The molecule has 3 rings (SSSR count). The number of hydrogen-bond acceptors (Lipinski definition) is 5. The van der Waals surface area contributed by atoms with E-state index in [0.717, 1.165) is 16.8 Å². The van der Waals surface area contributed by atoms with Crippen LogP contribution in [0.5, 0.6) is 5.75 Å². The predicted octanol–water partition coefficient (Wildman–Crippen LogP) is 2.85. The highest BCUT2D eigenvalue weighted by molar-refractivity contribution is 6.00. The van der Waals surface area contributed by atoms with Crippen molar-refractivity contribution in [2.24, 2.45) is 5.92 Å². The lowest BCUT2D eigenvalue weighted by Gasteiger charge is -2.18. The van der Waals surface area contributed by atoms with Gasteiger partial charge in [-0.25, -0.2) is 0 Å². The van der Waals surface area contributed by atoms with Crippen LogP contribution in [0.15, 0.2) is 42.5 Å². The maximum Gasteiger partial charge on any atom is 0.311 e. The molecule has 1 N–H and O–H groups in total. The molecule has 0 spiro atoms. The van der Waals surface area contributed by atoms with Gasteiger partial charge in [-0.1, -0.05) is 12.1 Å². The first kappa shape index (κ1) is 20.4. The monoisotopic (exact) mass is 396 g/mol. The van der Waals surface area contributed by atoms with E-state index in [2.05, 4.69) is 5.32 Å². The third-order valence-corrected chi connectivity index (χ3v) is 4.68. The molecule has 152 valence electrons. The molecule has 0 aliphatic carbocycles. The number of esters is 1. The molecule has 1 aliphatic rings. The number of amides is 2. The van der Waals surface area contributed by atoms with E-state index in [1.54, 1.807) is 29.2 Å². The van der Waals surface area contributed by atoms with E-state index >= 15 is 0 Å². The van der Waals surface area contributed by atoms with Crippen molar-refractivity contribution in [3.8, 4) is 5.75 Å². The van der Waals surface area contributed by atoms with Gasteiger partial charge in [-0.05, 0) is 49.2 Å². The highest BCUT2D eigenvalue weighted by Gasteiger charge is 2.36. The van der Waals surface area contributed by atoms with E-state index in [1.165, 1.54) is 7.11 Å². The maximum atomic E-state index is 12.4. The van der Waals surface area contributed by atoms with Crippen LogP contribution in [0.2, 0.25) is 0 Å². The molecule has 2 aromatic carbocycles. The summed E-state index contributed by atoms with van der Waals surface area (Å²) < 4.78 is 10.2. The van der Waals surface area contributed by atoms with Gasteiger partial charge in [0.1, 0.15) is 5.75 Å². The topological polar surface area (TPSA) is 84.9 Å². The molecule has 7 heteroatoms. The number of nitrogens with zero attached hydrogens (tertiary/aromatic N) is 1. The summed E-state index contributed by atoms with van der Waals surface area (Å²) in [6, 6.07) is 12.7. The molecule has 2 aromatic rings. The van der Waals surface area contributed by atoms with Crippen molar-refractivity contribution >= 4 is 29.2 Å². The quantitative estimate of drug-likeness (QED) is 0.759. The molecule has 0 radical (unpaired) electrons. The van der Waals surface area contributed by atoms with Crippen LogP contribution in [0.4, 0.5) is 11.4 Å². The van der Waals surface area contributed by atoms with Crippen LogP contribution in [0.1, 0.15) is 17.5 Å². The van der Waals surface area contributed by atoms with Crippen molar-refractivity contribution in [1.82, 2.24) is 0 Å². The van der Waals surface area contributed by atoms with E-state index in [-0.39, 0.29) is 18.9 Å². The van der Waals surface area contributed by atoms with E-state index in [9.17, 15) is 14.4 Å². The number of nitrogens with one attached hydrogen (secondary N) is 1. The van der Waals surface area contributed by atoms with E-state index in [0.29, 0.717) is 11.4 Å². The summed E-state index contributed by atoms with van der Waals surface area (Å²) in [7, 11) is 1.53. The fraction of sp³-hybridized carbons (Fsp3) is 0.318. The Morgan fingerprint density at radius 1 is 1.14 bits per heavy atom. The summed E-state index contributed by atoms with van der Waals surface area (Å²) in [4.78, 5) is 38.4. The maximum absolute atomic E-state index is 12.4. The molecule has 1 saturated heterocycles. The second-order valence-corrected chi connectivity index (χ2v) is 7.14. The minimum absolute atomic E-state index is 0.0727. The standard InChI is InChI=1S/C22H24N2O5/c1-14-7-15(2)9-18(8-14)24-12-16(10-21(24)26)22(27)29-13-20(25)23-17-5-4-6-19(11-17)28-3/h4-9,11,16H,10,12-13H2,1-3H3,(H,23,25)/t16-/m1/s1. The fourth-order valence-corrected chi connectivity index (χ4v) is 3.37. The van der Waals surface area contributed by atoms with Crippen LogP contribution in [0.25, 0.3) is 0 Å². The lowest BCUT2D eigenvalue weighted by Crippen LogP contribution is -2.28. The second kappa shape index (κ2) is 8.77. The number of hydrogen-bond donors (Lipinski definition) is 1. The van der Waals surface area contributed by atoms with Crippen LogP contribution < -0.4 is 15.0 Å². The number of ether oxygens (including phenoxy) is 2. The fourth-order valence-electron chi connectivity index (χ4n) is 3.37. The lowest BCUT2D eigenvalue weighted by atomic mass is 10.1. The van der Waals surface area contributed by atoms with Crippen molar-refractivity contribution in [3.63, 3.8) is 0 Å². The molecular weight excluding hydrogens is 372 g/mol. The van der Waals surface area contributed by atoms with E-state index in [1.807, 2.05) is 32.0 Å². The van der Waals surface area contributed by atoms with Gasteiger partial charge in [0, 0.05) is 30.4 Å². The number of carbonyl (C=O) groups is 3. The summed E-state index contributed by atoms with van der Waals surface area (Å²) in [5.41, 5.74) is 3.42. The molecule has 29 heavy (non-hydrogen) atoms. The molecule has 0 aromatic heterocycles. The summed E-state index contributed by atoms with van der Waals surface area (Å²) in [6.07, 6.45) is 0.0727. The molecule has 1 heterocycles. The third kappa shape index (κ3) is 5.13. The average molecular weight is 396 g/mol. The van der Waals surface area contributed by atoms with Crippen molar-refractivity contribution in [3.05, 3.63) is 53.6 Å². The van der Waals surface area contributed by atoms with Crippen LogP contribution in [0.3, 0.4) is 0 Å². The molecule has 1 atom stereocenters. The molecule has 1 fully saturated rings. The highest BCUT2D eigenvalue weighted by atomic mass is 16.5. The molecule has 0 unspecified atom stereocenters. The number of anilines is 2. The van der Waals surface area contributed by atoms with Crippen LogP contribution in [-0.2, 0) is 19.1 Å². The third-order valence-electron chi connectivity index (χ3n) is 4.68. The Morgan fingerprint density at radius 3 is 2.55 bits per heavy atom. The zero-order valence-corrected chi connectivity index (χ0v) is 16.7. The Balaban J connectivity index is 1.54. The summed E-state index contributed by atoms with van der Waals surface area (Å²) in [5.74, 6) is -1.12. The Hall–Kier alpha value is -3.35. The first-order chi connectivity index (χ1) is 13.9. The van der Waals surface area contributed by atoms with Gasteiger partial charge in [-0.2, -0.15) is 0 Å². The SMILES string of the molecule is COc1cccc(NC(=O)COC(=O)[C@@H]2CC(=O)N(c3cc(C)cc(C)c3)C2)c1. The number of benzene rings is 2. The predicted molar refractivity (Wildman–Crippen MR) is 109 cm³/mol. The Kier molecular flexibility index (Phi) is 6.16. The van der Waals surface area contributed by atoms with Crippen molar-refractivity contribution in [2.45, 2.75) is 20.3 Å². The van der Waals surface area contributed by atoms with Gasteiger partial charge >= 0.3 is 5.97 Å². The Bertz CT molecular complexity index is 920. The number of methoxy groups -OCH3 is 1. The largest absolute Gasteiger partial charge is 0.497 e. The zero-order chi connectivity index (χ0) is 21.0. The van der Waals surface area contributed by atoms with Gasteiger partial charge < -0.3 is 19.7 Å². The number of aryl methyl sites for hydroxylation is 2. The molecule has 7 nitrogen and oxygen atoms in total. The smallest absolute Gasteiger partial charge is 0.311 e. The molecular formula is C22H24N2O5.